The lowest BCUT2D eigenvalue weighted by Crippen LogP contribution is -2.40. The predicted molar refractivity (Wildman–Crippen MR) is 63.9 cm³/mol. The van der Waals surface area contributed by atoms with Gasteiger partial charge in [0.1, 0.15) is 0 Å². The average Bonchev–Trinajstić information content (AvgIpc) is 2.35. The Hall–Kier alpha value is -2.30. The van der Waals surface area contributed by atoms with E-state index in [0.717, 1.165) is 11.1 Å². The number of carbonyl (C=O) groups is 2. The van der Waals surface area contributed by atoms with Gasteiger partial charge < -0.3 is 4.74 Å². The van der Waals surface area contributed by atoms with Crippen LogP contribution in [0.4, 0.5) is 4.79 Å². The number of methoxy groups -OCH3 is 1. The molecule has 90 valence electrons. The Kier molecular flexibility index (Phi) is 4.75. The lowest BCUT2D eigenvalue weighted by atomic mass is 10.1. The van der Waals surface area contributed by atoms with Gasteiger partial charge in [0, 0.05) is 6.08 Å². The fourth-order valence-corrected chi connectivity index (χ4v) is 1.05. The van der Waals surface area contributed by atoms with Crippen molar-refractivity contribution in [3.8, 4) is 0 Å². The van der Waals surface area contributed by atoms with E-state index >= 15 is 0 Å². The third kappa shape index (κ3) is 4.83. The van der Waals surface area contributed by atoms with Crippen LogP contribution in [0.15, 0.2) is 30.3 Å². The maximum atomic E-state index is 11.2. The van der Waals surface area contributed by atoms with Crippen molar-refractivity contribution in [1.82, 2.24) is 10.9 Å². The van der Waals surface area contributed by atoms with Crippen molar-refractivity contribution in [2.45, 2.75) is 6.92 Å². The minimum absolute atomic E-state index is 0.434. The van der Waals surface area contributed by atoms with E-state index in [1.54, 1.807) is 6.08 Å². The van der Waals surface area contributed by atoms with E-state index in [4.69, 9.17) is 0 Å². The van der Waals surface area contributed by atoms with Crippen LogP contribution in [-0.2, 0) is 9.53 Å². The van der Waals surface area contributed by atoms with Gasteiger partial charge in [0.15, 0.2) is 0 Å². The summed E-state index contributed by atoms with van der Waals surface area (Å²) >= 11 is 0. The van der Waals surface area contributed by atoms with Crippen LogP contribution in [0.5, 0.6) is 0 Å². The third-order valence-corrected chi connectivity index (χ3v) is 1.98. The molecule has 2 amide bonds. The van der Waals surface area contributed by atoms with Gasteiger partial charge in [-0.05, 0) is 18.6 Å². The molecule has 0 bridgehead atoms. The number of rotatable bonds is 2. The van der Waals surface area contributed by atoms with Gasteiger partial charge in [0.2, 0.25) is 0 Å². The highest BCUT2D eigenvalue weighted by Crippen LogP contribution is 2.04. The van der Waals surface area contributed by atoms with Crippen molar-refractivity contribution in [3.63, 3.8) is 0 Å². The van der Waals surface area contributed by atoms with Gasteiger partial charge in [-0.1, -0.05) is 29.8 Å². The molecular formula is C12H14N2O3. The second kappa shape index (κ2) is 6.32. The monoisotopic (exact) mass is 234 g/mol. The summed E-state index contributed by atoms with van der Waals surface area (Å²) in [7, 11) is 1.21. The first kappa shape index (κ1) is 12.8. The van der Waals surface area contributed by atoms with Gasteiger partial charge in [-0.2, -0.15) is 0 Å². The maximum Gasteiger partial charge on any atom is 0.425 e. The van der Waals surface area contributed by atoms with Crippen molar-refractivity contribution in [2.75, 3.05) is 7.11 Å². The van der Waals surface area contributed by atoms with Gasteiger partial charge in [0.05, 0.1) is 7.11 Å². The molecule has 1 aromatic carbocycles. The zero-order valence-corrected chi connectivity index (χ0v) is 9.69. The second-order valence-electron chi connectivity index (χ2n) is 3.35. The molecule has 5 heteroatoms. The largest absolute Gasteiger partial charge is 0.452 e. The van der Waals surface area contributed by atoms with E-state index in [9.17, 15) is 9.59 Å². The number of nitrogens with one attached hydrogen (secondary N) is 2. The molecule has 0 aliphatic heterocycles. The fraction of sp³-hybridized carbons (Fsp3) is 0.167. The number of hydrogen-bond donors (Lipinski definition) is 2. The average molecular weight is 234 g/mol. The van der Waals surface area contributed by atoms with Crippen molar-refractivity contribution >= 4 is 18.1 Å². The summed E-state index contributed by atoms with van der Waals surface area (Å²) in [6.45, 7) is 1.99. The number of carbonyl (C=O) groups excluding carboxylic acids is 2. The van der Waals surface area contributed by atoms with E-state index in [2.05, 4.69) is 15.6 Å². The van der Waals surface area contributed by atoms with E-state index in [1.807, 2.05) is 31.2 Å². The van der Waals surface area contributed by atoms with Crippen LogP contribution in [0.25, 0.3) is 6.08 Å². The normalized spacial score (nSPS) is 10.0. The Morgan fingerprint density at radius 1 is 1.18 bits per heavy atom. The molecule has 1 aromatic rings. The summed E-state index contributed by atoms with van der Waals surface area (Å²) in [6, 6.07) is 7.69. The number of hydrogen-bond acceptors (Lipinski definition) is 3. The number of benzene rings is 1. The molecule has 17 heavy (non-hydrogen) atoms. The first-order valence-electron chi connectivity index (χ1n) is 5.00. The SMILES string of the molecule is COC(=O)NNC(=O)/C=C/c1ccc(C)cc1. The van der Waals surface area contributed by atoms with E-state index in [1.165, 1.54) is 13.2 Å². The Morgan fingerprint density at radius 2 is 1.82 bits per heavy atom. The first-order valence-corrected chi connectivity index (χ1v) is 5.00. The van der Waals surface area contributed by atoms with Crippen molar-refractivity contribution in [1.29, 1.82) is 0 Å². The number of ether oxygens (including phenoxy) is 1. The van der Waals surface area contributed by atoms with Crippen LogP contribution in [0.3, 0.4) is 0 Å². The Bertz CT molecular complexity index is 424. The summed E-state index contributed by atoms with van der Waals surface area (Å²) in [5.41, 5.74) is 6.29. The smallest absolute Gasteiger partial charge is 0.425 e. The second-order valence-corrected chi connectivity index (χ2v) is 3.35. The summed E-state index contributed by atoms with van der Waals surface area (Å²) < 4.78 is 4.29. The molecule has 0 heterocycles. The Labute approximate surface area is 99.4 Å². The highest BCUT2D eigenvalue weighted by atomic mass is 16.5. The molecule has 0 saturated carbocycles. The maximum absolute atomic E-state index is 11.2. The number of hydrazine groups is 1. The van der Waals surface area contributed by atoms with Crippen molar-refractivity contribution in [2.24, 2.45) is 0 Å². The minimum Gasteiger partial charge on any atom is -0.452 e. The van der Waals surface area contributed by atoms with Gasteiger partial charge in [-0.15, -0.1) is 0 Å². The van der Waals surface area contributed by atoms with Gasteiger partial charge in [-0.3, -0.25) is 10.2 Å². The number of amides is 2. The zero-order chi connectivity index (χ0) is 12.7. The van der Waals surface area contributed by atoms with E-state index < -0.39 is 12.0 Å². The van der Waals surface area contributed by atoms with Crippen molar-refractivity contribution in [3.05, 3.63) is 41.5 Å². The molecule has 0 aliphatic carbocycles. The van der Waals surface area contributed by atoms with Crippen LogP contribution in [-0.4, -0.2) is 19.1 Å². The third-order valence-electron chi connectivity index (χ3n) is 1.98. The van der Waals surface area contributed by atoms with Gasteiger partial charge >= 0.3 is 6.09 Å². The molecule has 0 saturated heterocycles. The number of aryl methyl sites for hydroxylation is 1. The van der Waals surface area contributed by atoms with Crippen LogP contribution < -0.4 is 10.9 Å². The first-order chi connectivity index (χ1) is 8.11. The standard InChI is InChI=1S/C12H14N2O3/c1-9-3-5-10(6-4-9)7-8-11(15)13-14-12(16)17-2/h3-8H,1-2H3,(H,13,15)(H,14,16)/b8-7+. The fourth-order valence-electron chi connectivity index (χ4n) is 1.05. The molecule has 2 N–H and O–H groups in total. The molecule has 5 nitrogen and oxygen atoms in total. The van der Waals surface area contributed by atoms with E-state index in [-0.39, 0.29) is 0 Å². The lowest BCUT2D eigenvalue weighted by molar-refractivity contribution is -0.117. The molecule has 0 radical (unpaired) electrons. The van der Waals surface area contributed by atoms with E-state index in [0.29, 0.717) is 0 Å². The van der Waals surface area contributed by atoms with Crippen LogP contribution in [0.1, 0.15) is 11.1 Å². The van der Waals surface area contributed by atoms with Crippen molar-refractivity contribution < 1.29 is 14.3 Å². The van der Waals surface area contributed by atoms with Gasteiger partial charge in [0.25, 0.3) is 5.91 Å². The molecule has 0 aliphatic rings. The Balaban J connectivity index is 2.45. The molecule has 0 aromatic heterocycles. The van der Waals surface area contributed by atoms with Crippen LogP contribution in [0, 0.1) is 6.92 Å². The Morgan fingerprint density at radius 3 is 2.41 bits per heavy atom. The van der Waals surface area contributed by atoms with Crippen LogP contribution >= 0.6 is 0 Å². The lowest BCUT2D eigenvalue weighted by Gasteiger charge is -2.02. The van der Waals surface area contributed by atoms with Gasteiger partial charge in [-0.25, -0.2) is 10.2 Å². The highest BCUT2D eigenvalue weighted by Gasteiger charge is 1.99. The molecule has 0 fully saturated rings. The summed E-state index contributed by atoms with van der Waals surface area (Å²) in [5.74, 6) is -0.434. The molecule has 1 rings (SSSR count). The zero-order valence-electron chi connectivity index (χ0n) is 9.69. The quantitative estimate of drug-likeness (QED) is 0.600. The summed E-state index contributed by atoms with van der Waals surface area (Å²) in [4.78, 5) is 21.9. The molecule has 0 unspecified atom stereocenters. The molecule has 0 atom stereocenters. The summed E-state index contributed by atoms with van der Waals surface area (Å²) in [6.07, 6.45) is 2.25. The minimum atomic E-state index is -0.720. The predicted octanol–water partition coefficient (Wildman–Crippen LogP) is 1.40. The molecule has 0 spiro atoms. The van der Waals surface area contributed by atoms with Crippen LogP contribution in [0.2, 0.25) is 0 Å². The highest BCUT2D eigenvalue weighted by molar-refractivity contribution is 5.92. The molecular weight excluding hydrogens is 220 g/mol. The summed E-state index contributed by atoms with van der Waals surface area (Å²) in [5, 5.41) is 0. The topological polar surface area (TPSA) is 67.4 Å².